The van der Waals surface area contributed by atoms with Crippen LogP contribution in [0.15, 0.2) is 56.3 Å². The monoisotopic (exact) mass is 336 g/mol. The first-order chi connectivity index (χ1) is 12.1. The van der Waals surface area contributed by atoms with Crippen LogP contribution in [-0.2, 0) is 6.61 Å². The van der Waals surface area contributed by atoms with E-state index in [-0.39, 0.29) is 22.1 Å². The van der Waals surface area contributed by atoms with E-state index in [4.69, 9.17) is 13.6 Å². The van der Waals surface area contributed by atoms with Crippen LogP contribution in [0, 0.1) is 13.8 Å². The van der Waals surface area contributed by atoms with E-state index in [1.54, 1.807) is 13.0 Å². The summed E-state index contributed by atoms with van der Waals surface area (Å²) in [5.41, 5.74) is 2.34. The topological polar surface area (TPSA) is 72.8 Å². The van der Waals surface area contributed by atoms with Gasteiger partial charge in [-0.3, -0.25) is 4.79 Å². The number of phenols is 1. The molecule has 0 atom stereocenters. The zero-order chi connectivity index (χ0) is 17.6. The Balaban J connectivity index is 1.94. The second-order valence-electron chi connectivity index (χ2n) is 5.98. The van der Waals surface area contributed by atoms with Crippen LogP contribution in [0.2, 0.25) is 0 Å². The van der Waals surface area contributed by atoms with Gasteiger partial charge in [-0.1, -0.05) is 24.3 Å². The Kier molecular flexibility index (Phi) is 3.50. The highest BCUT2D eigenvalue weighted by molar-refractivity contribution is 6.06. The maximum atomic E-state index is 12.4. The SMILES string of the molecule is Cc1cc(=O)c2c(O)c3ccoc3c(OCc3ccccc3C)c2o1. The number of hydrogen-bond acceptors (Lipinski definition) is 5. The van der Waals surface area contributed by atoms with Gasteiger partial charge in [0.25, 0.3) is 0 Å². The van der Waals surface area contributed by atoms with Crippen LogP contribution in [0.3, 0.4) is 0 Å². The molecule has 0 unspecified atom stereocenters. The van der Waals surface area contributed by atoms with E-state index in [0.29, 0.717) is 29.1 Å². The highest BCUT2D eigenvalue weighted by Crippen LogP contribution is 2.41. The summed E-state index contributed by atoms with van der Waals surface area (Å²) in [6.07, 6.45) is 1.45. The lowest BCUT2D eigenvalue weighted by atomic mass is 10.1. The van der Waals surface area contributed by atoms with Gasteiger partial charge in [-0.25, -0.2) is 0 Å². The number of phenolic OH excluding ortho intramolecular Hbond substituents is 1. The third kappa shape index (κ3) is 2.45. The molecule has 0 spiro atoms. The fourth-order valence-corrected chi connectivity index (χ4v) is 2.96. The molecule has 1 N–H and O–H groups in total. The van der Waals surface area contributed by atoms with Gasteiger partial charge in [-0.15, -0.1) is 0 Å². The molecule has 0 radical (unpaired) electrons. The minimum Gasteiger partial charge on any atom is -0.506 e. The zero-order valence-corrected chi connectivity index (χ0v) is 13.8. The second-order valence-corrected chi connectivity index (χ2v) is 5.98. The van der Waals surface area contributed by atoms with Crippen molar-refractivity contribution in [2.24, 2.45) is 0 Å². The standard InChI is InChI=1S/C20H16O5/c1-11-5-3-4-6-13(11)10-24-20-18-14(7-8-23-18)17(22)16-15(21)9-12(2)25-19(16)20/h3-9,22H,10H2,1-2H3. The summed E-state index contributed by atoms with van der Waals surface area (Å²) in [6.45, 7) is 3.97. The molecule has 126 valence electrons. The summed E-state index contributed by atoms with van der Waals surface area (Å²) in [5.74, 6) is 0.594. The number of rotatable bonds is 3. The molecule has 0 amide bonds. The van der Waals surface area contributed by atoms with Crippen LogP contribution < -0.4 is 10.2 Å². The molecule has 0 fully saturated rings. The van der Waals surface area contributed by atoms with Crippen LogP contribution >= 0.6 is 0 Å². The normalized spacial score (nSPS) is 11.3. The van der Waals surface area contributed by atoms with Gasteiger partial charge < -0.3 is 18.7 Å². The maximum absolute atomic E-state index is 12.4. The molecule has 5 heteroatoms. The quantitative estimate of drug-likeness (QED) is 0.599. The van der Waals surface area contributed by atoms with E-state index in [1.165, 1.54) is 12.3 Å². The van der Waals surface area contributed by atoms with Gasteiger partial charge in [0.1, 0.15) is 23.5 Å². The van der Waals surface area contributed by atoms with E-state index in [2.05, 4.69) is 0 Å². The van der Waals surface area contributed by atoms with E-state index in [9.17, 15) is 9.90 Å². The Labute approximate surface area is 143 Å². The lowest BCUT2D eigenvalue weighted by Gasteiger charge is -2.12. The van der Waals surface area contributed by atoms with Gasteiger partial charge in [-0.2, -0.15) is 0 Å². The minimum atomic E-state index is -0.319. The van der Waals surface area contributed by atoms with E-state index in [0.717, 1.165) is 11.1 Å². The fourth-order valence-electron chi connectivity index (χ4n) is 2.96. The molecule has 2 aromatic carbocycles. The van der Waals surface area contributed by atoms with Crippen molar-refractivity contribution >= 4 is 21.9 Å². The van der Waals surface area contributed by atoms with Crippen LogP contribution in [0.5, 0.6) is 11.5 Å². The van der Waals surface area contributed by atoms with Crippen molar-refractivity contribution in [3.63, 3.8) is 0 Å². The number of ether oxygens (including phenoxy) is 1. The fraction of sp³-hybridized carbons (Fsp3) is 0.150. The molecule has 2 aromatic heterocycles. The second kappa shape index (κ2) is 5.70. The number of benzene rings is 2. The smallest absolute Gasteiger partial charge is 0.206 e. The number of fused-ring (bicyclic) bond motifs is 2. The number of furan rings is 1. The minimum absolute atomic E-state index is 0.0966. The molecular weight excluding hydrogens is 320 g/mol. The number of hydrogen-bond donors (Lipinski definition) is 1. The molecule has 0 aliphatic carbocycles. The summed E-state index contributed by atoms with van der Waals surface area (Å²) in [7, 11) is 0. The molecule has 4 rings (SSSR count). The molecule has 4 aromatic rings. The average Bonchev–Trinajstić information content (AvgIpc) is 3.05. The van der Waals surface area contributed by atoms with Gasteiger partial charge in [0.2, 0.25) is 5.75 Å². The van der Waals surface area contributed by atoms with Crippen molar-refractivity contribution in [1.82, 2.24) is 0 Å². The molecule has 0 bridgehead atoms. The molecule has 0 saturated heterocycles. The van der Waals surface area contributed by atoms with Crippen molar-refractivity contribution in [3.05, 3.63) is 69.8 Å². The first-order valence-electron chi connectivity index (χ1n) is 7.90. The number of aromatic hydroxyl groups is 1. The predicted molar refractivity (Wildman–Crippen MR) is 94.2 cm³/mol. The predicted octanol–water partition coefficient (Wildman–Crippen LogP) is 4.44. The third-order valence-corrected chi connectivity index (χ3v) is 4.27. The van der Waals surface area contributed by atoms with Crippen LogP contribution in [0.25, 0.3) is 21.9 Å². The summed E-state index contributed by atoms with van der Waals surface area (Å²) in [4.78, 5) is 12.4. The van der Waals surface area contributed by atoms with Gasteiger partial charge >= 0.3 is 0 Å². The molecule has 0 aliphatic heterocycles. The van der Waals surface area contributed by atoms with E-state index < -0.39 is 0 Å². The first kappa shape index (κ1) is 15.3. The van der Waals surface area contributed by atoms with Crippen LogP contribution in [-0.4, -0.2) is 5.11 Å². The van der Waals surface area contributed by atoms with E-state index in [1.807, 2.05) is 31.2 Å². The Hall–Kier alpha value is -3.21. The highest BCUT2D eigenvalue weighted by Gasteiger charge is 2.22. The van der Waals surface area contributed by atoms with Gasteiger partial charge in [0.15, 0.2) is 16.6 Å². The van der Waals surface area contributed by atoms with Crippen LogP contribution in [0.4, 0.5) is 0 Å². The summed E-state index contributed by atoms with van der Waals surface area (Å²) in [5, 5.41) is 11.0. The summed E-state index contributed by atoms with van der Waals surface area (Å²) >= 11 is 0. The van der Waals surface area contributed by atoms with E-state index >= 15 is 0 Å². The van der Waals surface area contributed by atoms with Gasteiger partial charge in [-0.05, 0) is 31.0 Å². The highest BCUT2D eigenvalue weighted by atomic mass is 16.5. The Morgan fingerprint density at radius 3 is 2.72 bits per heavy atom. The van der Waals surface area contributed by atoms with Crippen molar-refractivity contribution in [2.75, 3.05) is 0 Å². The Morgan fingerprint density at radius 1 is 1.12 bits per heavy atom. The molecule has 0 saturated carbocycles. The molecule has 0 aliphatic rings. The maximum Gasteiger partial charge on any atom is 0.206 e. The zero-order valence-electron chi connectivity index (χ0n) is 13.8. The summed E-state index contributed by atoms with van der Waals surface area (Å²) < 4.78 is 17.2. The number of aryl methyl sites for hydroxylation is 2. The summed E-state index contributed by atoms with van der Waals surface area (Å²) in [6, 6.07) is 10.8. The Bertz CT molecular complexity index is 1150. The van der Waals surface area contributed by atoms with Gasteiger partial charge in [0, 0.05) is 6.07 Å². The first-order valence-corrected chi connectivity index (χ1v) is 7.90. The average molecular weight is 336 g/mol. The molecule has 5 nitrogen and oxygen atoms in total. The van der Waals surface area contributed by atoms with Crippen molar-refractivity contribution < 1.29 is 18.7 Å². The van der Waals surface area contributed by atoms with Crippen molar-refractivity contribution in [2.45, 2.75) is 20.5 Å². The lowest BCUT2D eigenvalue weighted by molar-refractivity contribution is 0.302. The largest absolute Gasteiger partial charge is 0.506 e. The molecule has 2 heterocycles. The van der Waals surface area contributed by atoms with Crippen LogP contribution in [0.1, 0.15) is 16.9 Å². The molecule has 25 heavy (non-hydrogen) atoms. The molecular formula is C20H16O5. The Morgan fingerprint density at radius 2 is 1.92 bits per heavy atom. The van der Waals surface area contributed by atoms with Crippen molar-refractivity contribution in [3.8, 4) is 11.5 Å². The third-order valence-electron chi connectivity index (χ3n) is 4.27. The lowest BCUT2D eigenvalue weighted by Crippen LogP contribution is -2.04. The van der Waals surface area contributed by atoms with Gasteiger partial charge in [0.05, 0.1) is 11.6 Å². The van der Waals surface area contributed by atoms with Crippen molar-refractivity contribution in [1.29, 1.82) is 0 Å².